The molecule has 1 aromatic carbocycles. The largest absolute Gasteiger partial charge is 0.497 e. The Morgan fingerprint density at radius 3 is 2.78 bits per heavy atom. The molecule has 2 heterocycles. The Balaban J connectivity index is 1.88. The molecule has 0 unspecified atom stereocenters. The zero-order chi connectivity index (χ0) is 16.4. The number of H-pyrrole nitrogens is 1. The van der Waals surface area contributed by atoms with Gasteiger partial charge in [-0.3, -0.25) is 14.7 Å². The number of hydrogen-bond donors (Lipinski definition) is 1. The molecule has 120 valence electrons. The molecular weight excluding hydrogens is 320 g/mol. The molecular formula is C14H14N4O4S. The van der Waals surface area contributed by atoms with Crippen LogP contribution in [0.4, 0.5) is 5.69 Å². The van der Waals surface area contributed by atoms with Crippen molar-refractivity contribution in [1.29, 1.82) is 0 Å². The molecule has 3 rings (SSSR count). The highest BCUT2D eigenvalue weighted by atomic mass is 32.2. The normalized spacial score (nSPS) is 17.7. The van der Waals surface area contributed by atoms with Gasteiger partial charge in [0.1, 0.15) is 23.1 Å². The Labute approximate surface area is 136 Å². The van der Waals surface area contributed by atoms with Gasteiger partial charge in [-0.25, -0.2) is 9.88 Å². The minimum Gasteiger partial charge on any atom is -0.497 e. The van der Waals surface area contributed by atoms with E-state index in [-0.39, 0.29) is 18.2 Å². The fraction of sp³-hybridized carbons (Fsp3) is 0.286. The average molecular weight is 334 g/mol. The van der Waals surface area contributed by atoms with Gasteiger partial charge in [0.05, 0.1) is 19.9 Å². The Morgan fingerprint density at radius 1 is 1.30 bits per heavy atom. The van der Waals surface area contributed by atoms with Crippen molar-refractivity contribution in [2.45, 2.75) is 16.8 Å². The summed E-state index contributed by atoms with van der Waals surface area (Å²) in [7, 11) is 3.01. The number of imide groups is 1. The second kappa shape index (κ2) is 6.29. The number of benzene rings is 1. The van der Waals surface area contributed by atoms with Crippen molar-refractivity contribution >= 4 is 29.3 Å². The molecule has 9 heteroatoms. The summed E-state index contributed by atoms with van der Waals surface area (Å²) < 4.78 is 10.4. The van der Waals surface area contributed by atoms with Gasteiger partial charge in [0.25, 0.3) is 0 Å². The Hall–Kier alpha value is -2.55. The summed E-state index contributed by atoms with van der Waals surface area (Å²) in [6, 6.07) is 4.94. The number of nitrogens with one attached hydrogen (secondary N) is 1. The highest BCUT2D eigenvalue weighted by molar-refractivity contribution is 8.00. The molecule has 8 nitrogen and oxygen atoms in total. The van der Waals surface area contributed by atoms with Gasteiger partial charge in [-0.05, 0) is 12.1 Å². The molecule has 1 N–H and O–H groups in total. The molecule has 1 saturated heterocycles. The minimum atomic E-state index is -0.540. The number of anilines is 1. The minimum absolute atomic E-state index is 0.0966. The van der Waals surface area contributed by atoms with Gasteiger partial charge in [0.15, 0.2) is 5.16 Å². The van der Waals surface area contributed by atoms with E-state index in [2.05, 4.69) is 15.2 Å². The maximum absolute atomic E-state index is 12.6. The molecule has 1 aromatic heterocycles. The molecule has 1 aliphatic rings. The van der Waals surface area contributed by atoms with Crippen LogP contribution in [0.1, 0.15) is 6.42 Å². The van der Waals surface area contributed by atoms with Gasteiger partial charge >= 0.3 is 0 Å². The van der Waals surface area contributed by atoms with E-state index in [1.165, 1.54) is 32.3 Å². The van der Waals surface area contributed by atoms with Crippen LogP contribution in [0.5, 0.6) is 11.5 Å². The van der Waals surface area contributed by atoms with Crippen molar-refractivity contribution in [3.05, 3.63) is 24.5 Å². The Bertz CT molecular complexity index is 734. The number of methoxy groups -OCH3 is 2. The van der Waals surface area contributed by atoms with Gasteiger partial charge in [-0.2, -0.15) is 5.10 Å². The number of aromatic nitrogens is 3. The van der Waals surface area contributed by atoms with E-state index < -0.39 is 5.25 Å². The molecule has 1 aliphatic heterocycles. The van der Waals surface area contributed by atoms with Crippen LogP contribution < -0.4 is 14.4 Å². The topological polar surface area (TPSA) is 97.4 Å². The number of aromatic amines is 1. The summed E-state index contributed by atoms with van der Waals surface area (Å²) in [4.78, 5) is 30.0. The zero-order valence-corrected chi connectivity index (χ0v) is 13.3. The summed E-state index contributed by atoms with van der Waals surface area (Å²) in [5.74, 6) is 0.393. The number of carbonyl (C=O) groups excluding carboxylic acids is 2. The van der Waals surface area contributed by atoms with Crippen LogP contribution in [0.2, 0.25) is 0 Å². The number of carbonyl (C=O) groups is 2. The molecule has 0 bridgehead atoms. The van der Waals surface area contributed by atoms with E-state index in [1.807, 2.05) is 0 Å². The van der Waals surface area contributed by atoms with E-state index in [1.54, 1.807) is 18.2 Å². The Morgan fingerprint density at radius 2 is 2.13 bits per heavy atom. The second-order valence-corrected chi connectivity index (χ2v) is 5.90. The van der Waals surface area contributed by atoms with Crippen molar-refractivity contribution in [3.8, 4) is 11.5 Å². The highest BCUT2D eigenvalue weighted by Crippen LogP contribution is 2.38. The number of nitrogens with zero attached hydrogens (tertiary/aromatic N) is 3. The van der Waals surface area contributed by atoms with E-state index in [0.29, 0.717) is 22.3 Å². The predicted octanol–water partition coefficient (Wildman–Crippen LogP) is 1.25. The number of hydrogen-bond acceptors (Lipinski definition) is 7. The van der Waals surface area contributed by atoms with Crippen molar-refractivity contribution in [2.75, 3.05) is 19.1 Å². The van der Waals surface area contributed by atoms with Gasteiger partial charge in [-0.15, -0.1) is 0 Å². The fourth-order valence-electron chi connectivity index (χ4n) is 2.30. The number of thioether (sulfide) groups is 1. The van der Waals surface area contributed by atoms with E-state index in [0.717, 1.165) is 4.90 Å². The lowest BCUT2D eigenvalue weighted by atomic mass is 10.2. The predicted molar refractivity (Wildman–Crippen MR) is 82.7 cm³/mol. The van der Waals surface area contributed by atoms with Gasteiger partial charge in [0, 0.05) is 12.5 Å². The molecule has 0 aliphatic carbocycles. The smallest absolute Gasteiger partial charge is 0.248 e. The summed E-state index contributed by atoms with van der Waals surface area (Å²) in [6.45, 7) is 0. The van der Waals surface area contributed by atoms with Gasteiger partial charge in [-0.1, -0.05) is 11.8 Å². The second-order valence-electron chi connectivity index (χ2n) is 4.71. The third-order valence-corrected chi connectivity index (χ3v) is 4.45. The van der Waals surface area contributed by atoms with Crippen molar-refractivity contribution in [3.63, 3.8) is 0 Å². The van der Waals surface area contributed by atoms with Gasteiger partial charge < -0.3 is 9.47 Å². The third-order valence-electron chi connectivity index (χ3n) is 3.38. The molecule has 1 fully saturated rings. The monoisotopic (exact) mass is 334 g/mol. The maximum atomic E-state index is 12.6. The fourth-order valence-corrected chi connectivity index (χ4v) is 3.22. The lowest BCUT2D eigenvalue weighted by Crippen LogP contribution is -2.31. The summed E-state index contributed by atoms with van der Waals surface area (Å²) >= 11 is 1.18. The molecule has 0 saturated carbocycles. The van der Waals surface area contributed by atoms with Crippen molar-refractivity contribution in [1.82, 2.24) is 15.2 Å². The average Bonchev–Trinajstić information content (AvgIpc) is 3.16. The quantitative estimate of drug-likeness (QED) is 0.822. The molecule has 1 atom stereocenters. The molecule has 0 radical (unpaired) electrons. The van der Waals surface area contributed by atoms with E-state index in [9.17, 15) is 9.59 Å². The first-order valence-electron chi connectivity index (χ1n) is 6.75. The van der Waals surface area contributed by atoms with Crippen molar-refractivity contribution in [2.24, 2.45) is 0 Å². The first-order valence-corrected chi connectivity index (χ1v) is 7.63. The van der Waals surface area contributed by atoms with Crippen LogP contribution in [0.25, 0.3) is 0 Å². The molecule has 2 aromatic rings. The number of ether oxygens (including phenoxy) is 2. The van der Waals surface area contributed by atoms with Crippen LogP contribution in [0.15, 0.2) is 29.7 Å². The van der Waals surface area contributed by atoms with Gasteiger partial charge in [0.2, 0.25) is 11.8 Å². The standard InChI is InChI=1S/C14H14N4O4S/c1-21-8-3-4-9(10(5-8)22-2)18-12(19)6-11(13(18)20)23-14-15-7-16-17-14/h3-5,7,11H,6H2,1-2H3,(H,15,16,17)/t11-/m0/s1. The first kappa shape index (κ1) is 15.3. The molecule has 0 spiro atoms. The lowest BCUT2D eigenvalue weighted by molar-refractivity contribution is -0.121. The summed E-state index contributed by atoms with van der Waals surface area (Å²) in [6.07, 6.45) is 1.45. The molecule has 2 amide bonds. The third kappa shape index (κ3) is 2.87. The SMILES string of the molecule is COc1ccc(N2C(=O)C[C@H](Sc3ncn[nH]3)C2=O)c(OC)c1. The Kier molecular flexibility index (Phi) is 4.20. The van der Waals surface area contributed by atoms with Crippen molar-refractivity contribution < 1.29 is 19.1 Å². The van der Waals surface area contributed by atoms with Crippen LogP contribution in [-0.4, -0.2) is 46.5 Å². The number of amides is 2. The molecule has 23 heavy (non-hydrogen) atoms. The van der Waals surface area contributed by atoms with E-state index >= 15 is 0 Å². The maximum Gasteiger partial charge on any atom is 0.248 e. The van der Waals surface area contributed by atoms with Crippen LogP contribution in [0, 0.1) is 0 Å². The first-order chi connectivity index (χ1) is 11.1. The zero-order valence-electron chi connectivity index (χ0n) is 12.5. The highest BCUT2D eigenvalue weighted by Gasteiger charge is 2.41. The lowest BCUT2D eigenvalue weighted by Gasteiger charge is -2.18. The summed E-state index contributed by atoms with van der Waals surface area (Å²) in [5, 5.41) is 6.36. The number of rotatable bonds is 5. The van der Waals surface area contributed by atoms with Crippen LogP contribution in [-0.2, 0) is 9.59 Å². The van der Waals surface area contributed by atoms with Crippen LogP contribution in [0.3, 0.4) is 0 Å². The summed E-state index contributed by atoms with van der Waals surface area (Å²) in [5.41, 5.74) is 0.406. The van der Waals surface area contributed by atoms with E-state index in [4.69, 9.17) is 9.47 Å². The van der Waals surface area contributed by atoms with Crippen LogP contribution >= 0.6 is 11.8 Å².